The zero-order valence-corrected chi connectivity index (χ0v) is 11.2. The number of halogens is 1. The van der Waals surface area contributed by atoms with Crippen molar-refractivity contribution in [3.63, 3.8) is 0 Å². The van der Waals surface area contributed by atoms with E-state index >= 15 is 0 Å². The minimum Gasteiger partial charge on any atom is -0.296 e. The van der Waals surface area contributed by atoms with E-state index in [2.05, 4.69) is 14.9 Å². The van der Waals surface area contributed by atoms with Gasteiger partial charge in [-0.3, -0.25) is 4.90 Å². The van der Waals surface area contributed by atoms with Crippen LogP contribution in [0.3, 0.4) is 0 Å². The second-order valence-electron chi connectivity index (χ2n) is 4.79. The lowest BCUT2D eigenvalue weighted by atomic mass is 10.1. The molecule has 0 bridgehead atoms. The molecule has 0 atom stereocenters. The second-order valence-corrected chi connectivity index (χ2v) is 5.18. The molecule has 1 aromatic heterocycles. The number of likely N-dealkylation sites (tertiary alicyclic amines) is 1. The lowest BCUT2D eigenvalue weighted by Crippen LogP contribution is -2.27. The van der Waals surface area contributed by atoms with Crippen LogP contribution >= 0.6 is 11.6 Å². The van der Waals surface area contributed by atoms with Gasteiger partial charge in [0.05, 0.1) is 6.54 Å². The molecule has 3 nitrogen and oxygen atoms in total. The molecule has 0 N–H and O–H groups in total. The molecule has 4 heteroatoms. The van der Waals surface area contributed by atoms with Crippen molar-refractivity contribution in [1.29, 1.82) is 0 Å². The van der Waals surface area contributed by atoms with Crippen molar-refractivity contribution >= 4 is 11.6 Å². The van der Waals surface area contributed by atoms with Gasteiger partial charge >= 0.3 is 0 Å². The molecule has 0 aromatic carbocycles. The van der Waals surface area contributed by atoms with Gasteiger partial charge in [-0.1, -0.05) is 30.9 Å². The van der Waals surface area contributed by atoms with Crippen LogP contribution < -0.4 is 0 Å². The molecule has 1 aliphatic heterocycles. The zero-order valence-electron chi connectivity index (χ0n) is 10.5. The van der Waals surface area contributed by atoms with Crippen LogP contribution in [-0.2, 0) is 6.54 Å². The minimum atomic E-state index is 0.555. The maximum atomic E-state index is 5.96. The lowest BCUT2D eigenvalue weighted by molar-refractivity contribution is 0.234. The van der Waals surface area contributed by atoms with E-state index in [-0.39, 0.29) is 0 Å². The molecule has 2 rings (SSSR count). The molecule has 1 fully saturated rings. The SMILES string of the molecule is Cc1cc(Cl)nc(CN2CCCCCCC2)n1. The van der Waals surface area contributed by atoms with Crippen molar-refractivity contribution in [1.82, 2.24) is 14.9 Å². The Balaban J connectivity index is 1.97. The largest absolute Gasteiger partial charge is 0.296 e. The molecule has 0 unspecified atom stereocenters. The zero-order chi connectivity index (χ0) is 12.1. The van der Waals surface area contributed by atoms with Gasteiger partial charge < -0.3 is 0 Å². The number of rotatable bonds is 2. The van der Waals surface area contributed by atoms with Crippen molar-refractivity contribution in [2.24, 2.45) is 0 Å². The molecule has 0 aliphatic carbocycles. The third-order valence-electron chi connectivity index (χ3n) is 3.18. The van der Waals surface area contributed by atoms with Gasteiger partial charge in [-0.25, -0.2) is 9.97 Å². The standard InChI is InChI=1S/C13H20ClN3/c1-11-9-12(14)16-13(15-11)10-17-7-5-3-2-4-6-8-17/h9H,2-8,10H2,1H3. The third-order valence-corrected chi connectivity index (χ3v) is 3.38. The van der Waals surface area contributed by atoms with Gasteiger partial charge in [0.25, 0.3) is 0 Å². The van der Waals surface area contributed by atoms with Crippen LogP contribution in [0.2, 0.25) is 5.15 Å². The maximum Gasteiger partial charge on any atom is 0.144 e. The van der Waals surface area contributed by atoms with E-state index in [1.807, 2.05) is 6.92 Å². The summed E-state index contributed by atoms with van der Waals surface area (Å²) < 4.78 is 0. The maximum absolute atomic E-state index is 5.96. The molecule has 0 saturated carbocycles. The van der Waals surface area contributed by atoms with E-state index in [9.17, 15) is 0 Å². The topological polar surface area (TPSA) is 29.0 Å². The molecule has 1 aliphatic rings. The Morgan fingerprint density at radius 2 is 1.76 bits per heavy atom. The van der Waals surface area contributed by atoms with Crippen molar-refractivity contribution in [2.45, 2.75) is 45.6 Å². The summed E-state index contributed by atoms with van der Waals surface area (Å²) in [5.74, 6) is 0.857. The van der Waals surface area contributed by atoms with Crippen LogP contribution in [0.5, 0.6) is 0 Å². The fourth-order valence-corrected chi connectivity index (χ4v) is 2.59. The summed E-state index contributed by atoms with van der Waals surface area (Å²) in [5, 5.41) is 0.555. The molecule has 94 valence electrons. The van der Waals surface area contributed by atoms with Crippen LogP contribution in [0.4, 0.5) is 0 Å². The average molecular weight is 254 g/mol. The molecule has 2 heterocycles. The van der Waals surface area contributed by atoms with Crippen LogP contribution in [0, 0.1) is 6.92 Å². The summed E-state index contributed by atoms with van der Waals surface area (Å²) in [6.07, 6.45) is 6.68. The fourth-order valence-electron chi connectivity index (χ4n) is 2.33. The Morgan fingerprint density at radius 1 is 1.12 bits per heavy atom. The van der Waals surface area contributed by atoms with Crippen LogP contribution in [0.15, 0.2) is 6.07 Å². The Bertz CT molecular complexity index is 339. The van der Waals surface area contributed by atoms with Crippen LogP contribution in [-0.4, -0.2) is 28.0 Å². The molecule has 0 radical (unpaired) electrons. The van der Waals surface area contributed by atoms with E-state index in [0.717, 1.165) is 31.2 Å². The van der Waals surface area contributed by atoms with Gasteiger partial charge in [-0.2, -0.15) is 0 Å². The number of nitrogens with zero attached hydrogens (tertiary/aromatic N) is 3. The minimum absolute atomic E-state index is 0.555. The normalized spacial score (nSPS) is 18.7. The first kappa shape index (κ1) is 12.8. The molecular weight excluding hydrogens is 234 g/mol. The predicted molar refractivity (Wildman–Crippen MR) is 70.1 cm³/mol. The van der Waals surface area contributed by atoms with E-state index in [1.165, 1.54) is 32.1 Å². The third kappa shape index (κ3) is 4.25. The number of aryl methyl sites for hydroxylation is 1. The predicted octanol–water partition coefficient (Wildman–Crippen LogP) is 3.20. The highest BCUT2D eigenvalue weighted by atomic mass is 35.5. The highest BCUT2D eigenvalue weighted by Crippen LogP contribution is 2.13. The summed E-state index contributed by atoms with van der Waals surface area (Å²) in [7, 11) is 0. The van der Waals surface area contributed by atoms with Crippen molar-refractivity contribution in [3.05, 3.63) is 22.7 Å². The fraction of sp³-hybridized carbons (Fsp3) is 0.692. The van der Waals surface area contributed by atoms with Crippen LogP contribution in [0.25, 0.3) is 0 Å². The van der Waals surface area contributed by atoms with Gasteiger partial charge in [-0.15, -0.1) is 0 Å². The molecule has 1 aromatic rings. The van der Waals surface area contributed by atoms with Crippen LogP contribution in [0.1, 0.15) is 43.6 Å². The van der Waals surface area contributed by atoms with Gasteiger partial charge in [0, 0.05) is 5.69 Å². The number of hydrogen-bond donors (Lipinski definition) is 0. The summed E-state index contributed by atoms with van der Waals surface area (Å²) in [5.41, 5.74) is 0.951. The summed E-state index contributed by atoms with van der Waals surface area (Å²) >= 11 is 5.96. The van der Waals surface area contributed by atoms with Crippen molar-refractivity contribution in [2.75, 3.05) is 13.1 Å². The van der Waals surface area contributed by atoms with E-state index in [1.54, 1.807) is 6.07 Å². The molecule has 0 amide bonds. The van der Waals surface area contributed by atoms with Crippen molar-refractivity contribution < 1.29 is 0 Å². The van der Waals surface area contributed by atoms with Gasteiger partial charge in [0.2, 0.25) is 0 Å². The summed E-state index contributed by atoms with van der Waals surface area (Å²) in [6.45, 7) is 5.12. The molecular formula is C13H20ClN3. The first-order valence-corrected chi connectivity index (χ1v) is 6.84. The first-order valence-electron chi connectivity index (χ1n) is 6.46. The Kier molecular flexibility index (Phi) is 4.75. The summed E-state index contributed by atoms with van der Waals surface area (Å²) in [6, 6.07) is 1.80. The summed E-state index contributed by atoms with van der Waals surface area (Å²) in [4.78, 5) is 11.2. The average Bonchev–Trinajstić information content (AvgIpc) is 2.20. The van der Waals surface area contributed by atoms with Gasteiger partial charge in [0.1, 0.15) is 11.0 Å². The second kappa shape index (κ2) is 6.31. The van der Waals surface area contributed by atoms with E-state index < -0.39 is 0 Å². The first-order chi connectivity index (χ1) is 8.24. The Hall–Kier alpha value is -0.670. The quantitative estimate of drug-likeness (QED) is 0.758. The Morgan fingerprint density at radius 3 is 2.41 bits per heavy atom. The van der Waals surface area contributed by atoms with Gasteiger partial charge in [-0.05, 0) is 38.9 Å². The van der Waals surface area contributed by atoms with Gasteiger partial charge in [0.15, 0.2) is 0 Å². The highest BCUT2D eigenvalue weighted by molar-refractivity contribution is 6.29. The van der Waals surface area contributed by atoms with Crippen molar-refractivity contribution in [3.8, 4) is 0 Å². The van der Waals surface area contributed by atoms with E-state index in [4.69, 9.17) is 11.6 Å². The van der Waals surface area contributed by atoms with E-state index in [0.29, 0.717) is 5.15 Å². The number of aromatic nitrogens is 2. The number of hydrogen-bond acceptors (Lipinski definition) is 3. The monoisotopic (exact) mass is 253 g/mol. The molecule has 0 spiro atoms. The molecule has 1 saturated heterocycles. The lowest BCUT2D eigenvalue weighted by Gasteiger charge is -2.23. The highest BCUT2D eigenvalue weighted by Gasteiger charge is 2.10. The molecule has 17 heavy (non-hydrogen) atoms. The Labute approximate surface area is 108 Å². The smallest absolute Gasteiger partial charge is 0.144 e.